The summed E-state index contributed by atoms with van der Waals surface area (Å²) in [6.45, 7) is 2.26. The molecule has 0 aromatic heterocycles. The van der Waals surface area contributed by atoms with E-state index in [9.17, 15) is 0 Å². The first-order chi connectivity index (χ1) is 12.4. The van der Waals surface area contributed by atoms with Crippen LogP contribution >= 0.6 is 0 Å². The Balaban J connectivity index is 1.84. The lowest BCUT2D eigenvalue weighted by Gasteiger charge is -2.16. The standard InChI is InChI=1S/C25H20/c1-2-17-14-15-18-8-3-6-11-21(18)25(17)23-13-7-12-22-20-10-5-4-9-19(20)16-24(22)23/h3-15H,2,16H2,1H3. The molecule has 0 radical (unpaired) electrons. The van der Waals surface area contributed by atoms with Gasteiger partial charge in [0, 0.05) is 0 Å². The van der Waals surface area contributed by atoms with E-state index in [2.05, 4.69) is 85.8 Å². The number of benzene rings is 4. The maximum atomic E-state index is 2.31. The van der Waals surface area contributed by atoms with E-state index in [0.29, 0.717) is 0 Å². The molecule has 4 aromatic rings. The van der Waals surface area contributed by atoms with Crippen molar-refractivity contribution in [3.63, 3.8) is 0 Å². The molecule has 120 valence electrons. The van der Waals surface area contributed by atoms with Crippen molar-refractivity contribution < 1.29 is 0 Å². The molecule has 4 aromatic carbocycles. The molecule has 0 fully saturated rings. The normalized spacial score (nSPS) is 12.2. The van der Waals surface area contributed by atoms with Crippen molar-refractivity contribution in [2.45, 2.75) is 19.8 Å². The zero-order chi connectivity index (χ0) is 16.8. The number of hydrogen-bond donors (Lipinski definition) is 0. The Labute approximate surface area is 148 Å². The highest BCUT2D eigenvalue weighted by Gasteiger charge is 2.22. The van der Waals surface area contributed by atoms with Gasteiger partial charge in [-0.1, -0.05) is 85.8 Å². The van der Waals surface area contributed by atoms with Gasteiger partial charge < -0.3 is 0 Å². The topological polar surface area (TPSA) is 0 Å². The van der Waals surface area contributed by atoms with E-state index in [1.54, 1.807) is 0 Å². The molecule has 5 rings (SSSR count). The van der Waals surface area contributed by atoms with E-state index in [1.165, 1.54) is 49.7 Å². The third-order valence-electron chi connectivity index (χ3n) is 5.52. The Morgan fingerprint density at radius 2 is 1.44 bits per heavy atom. The zero-order valence-electron chi connectivity index (χ0n) is 14.4. The minimum Gasteiger partial charge on any atom is -0.0619 e. The maximum absolute atomic E-state index is 2.31. The van der Waals surface area contributed by atoms with Gasteiger partial charge in [0.25, 0.3) is 0 Å². The fraction of sp³-hybridized carbons (Fsp3) is 0.120. The van der Waals surface area contributed by atoms with E-state index in [-0.39, 0.29) is 0 Å². The Bertz CT molecular complexity index is 1100. The van der Waals surface area contributed by atoms with Gasteiger partial charge in [-0.3, -0.25) is 0 Å². The van der Waals surface area contributed by atoms with Gasteiger partial charge in [-0.25, -0.2) is 0 Å². The summed E-state index contributed by atoms with van der Waals surface area (Å²) in [5.74, 6) is 0. The molecule has 1 aliphatic rings. The molecule has 0 spiro atoms. The molecule has 0 aliphatic heterocycles. The van der Waals surface area contributed by atoms with Crippen molar-refractivity contribution in [3.05, 3.63) is 95.6 Å². The zero-order valence-corrected chi connectivity index (χ0v) is 14.4. The molecule has 0 bridgehead atoms. The Hall–Kier alpha value is -2.86. The van der Waals surface area contributed by atoms with Crippen molar-refractivity contribution in [1.82, 2.24) is 0 Å². The van der Waals surface area contributed by atoms with Crippen LogP contribution in [0.1, 0.15) is 23.6 Å². The molecule has 0 amide bonds. The van der Waals surface area contributed by atoms with Gasteiger partial charge >= 0.3 is 0 Å². The summed E-state index contributed by atoms with van der Waals surface area (Å²) >= 11 is 0. The molecule has 25 heavy (non-hydrogen) atoms. The fourth-order valence-electron chi connectivity index (χ4n) is 4.32. The van der Waals surface area contributed by atoms with Crippen molar-refractivity contribution in [3.8, 4) is 22.3 Å². The average molecular weight is 320 g/mol. The van der Waals surface area contributed by atoms with E-state index < -0.39 is 0 Å². The smallest absolute Gasteiger partial charge is 0.000728 e. The molecule has 1 aliphatic carbocycles. The molecule has 0 saturated carbocycles. The molecule has 0 unspecified atom stereocenters. The monoisotopic (exact) mass is 320 g/mol. The van der Waals surface area contributed by atoms with E-state index in [4.69, 9.17) is 0 Å². The first kappa shape index (κ1) is 14.5. The minimum absolute atomic E-state index is 1.04. The first-order valence-electron chi connectivity index (χ1n) is 9.08. The Morgan fingerprint density at radius 3 is 2.36 bits per heavy atom. The van der Waals surface area contributed by atoms with Crippen LogP contribution in [0, 0.1) is 0 Å². The lowest BCUT2D eigenvalue weighted by molar-refractivity contribution is 1.14. The molecule has 0 heterocycles. The highest BCUT2D eigenvalue weighted by Crippen LogP contribution is 2.44. The van der Waals surface area contributed by atoms with Gasteiger partial charge in [-0.2, -0.15) is 0 Å². The Kier molecular flexibility index (Phi) is 3.24. The van der Waals surface area contributed by atoms with Crippen molar-refractivity contribution in [2.24, 2.45) is 0 Å². The number of aryl methyl sites for hydroxylation is 1. The van der Waals surface area contributed by atoms with Gasteiger partial charge in [0.05, 0.1) is 0 Å². The third kappa shape index (κ3) is 2.14. The molecule has 0 atom stereocenters. The average Bonchev–Trinajstić information content (AvgIpc) is 3.06. The Morgan fingerprint density at radius 1 is 0.680 bits per heavy atom. The van der Waals surface area contributed by atoms with Crippen LogP contribution in [0.3, 0.4) is 0 Å². The van der Waals surface area contributed by atoms with Crippen molar-refractivity contribution in [2.75, 3.05) is 0 Å². The van der Waals surface area contributed by atoms with E-state index in [1.807, 2.05) is 0 Å². The highest BCUT2D eigenvalue weighted by molar-refractivity contribution is 6.00. The van der Waals surface area contributed by atoms with Crippen molar-refractivity contribution in [1.29, 1.82) is 0 Å². The van der Waals surface area contributed by atoms with Crippen LogP contribution in [-0.4, -0.2) is 0 Å². The van der Waals surface area contributed by atoms with Crippen LogP contribution in [0.5, 0.6) is 0 Å². The van der Waals surface area contributed by atoms with Crippen molar-refractivity contribution >= 4 is 10.8 Å². The number of hydrogen-bond acceptors (Lipinski definition) is 0. The van der Waals surface area contributed by atoms with Crippen LogP contribution in [0.25, 0.3) is 33.0 Å². The van der Waals surface area contributed by atoms with Crippen LogP contribution in [0.15, 0.2) is 78.9 Å². The predicted octanol–water partition coefficient (Wildman–Crippen LogP) is 6.64. The van der Waals surface area contributed by atoms with E-state index in [0.717, 1.165) is 12.8 Å². The van der Waals surface area contributed by atoms with Gasteiger partial charge in [0.2, 0.25) is 0 Å². The summed E-state index contributed by atoms with van der Waals surface area (Å²) in [4.78, 5) is 0. The molecular weight excluding hydrogens is 300 g/mol. The lowest BCUT2D eigenvalue weighted by Crippen LogP contribution is -1.94. The summed E-state index contributed by atoms with van der Waals surface area (Å²) in [5, 5.41) is 2.69. The van der Waals surface area contributed by atoms with Gasteiger partial charge in [0.1, 0.15) is 0 Å². The maximum Gasteiger partial charge on any atom is -0.000728 e. The number of rotatable bonds is 2. The summed E-state index contributed by atoms with van der Waals surface area (Å²) in [5.41, 5.74) is 9.99. The lowest BCUT2D eigenvalue weighted by atomic mass is 9.88. The van der Waals surface area contributed by atoms with Crippen LogP contribution < -0.4 is 0 Å². The minimum atomic E-state index is 1.04. The molecule has 0 saturated heterocycles. The summed E-state index contributed by atoms with van der Waals surface area (Å²) in [6, 6.07) is 29.0. The number of fused-ring (bicyclic) bond motifs is 4. The molecule has 0 N–H and O–H groups in total. The second kappa shape index (κ2) is 5.60. The van der Waals surface area contributed by atoms with Gasteiger partial charge in [-0.05, 0) is 62.6 Å². The van der Waals surface area contributed by atoms with Gasteiger partial charge in [0.15, 0.2) is 0 Å². The second-order valence-electron chi connectivity index (χ2n) is 6.84. The van der Waals surface area contributed by atoms with Crippen LogP contribution in [0.2, 0.25) is 0 Å². The third-order valence-corrected chi connectivity index (χ3v) is 5.52. The molecular formula is C25H20. The fourth-order valence-corrected chi connectivity index (χ4v) is 4.32. The second-order valence-corrected chi connectivity index (χ2v) is 6.84. The first-order valence-corrected chi connectivity index (χ1v) is 9.08. The molecule has 0 nitrogen and oxygen atoms in total. The quantitative estimate of drug-likeness (QED) is 0.342. The highest BCUT2D eigenvalue weighted by atomic mass is 14.3. The SMILES string of the molecule is CCc1ccc2ccccc2c1-c1cccc2c1Cc1ccccc1-2. The predicted molar refractivity (Wildman–Crippen MR) is 107 cm³/mol. The van der Waals surface area contributed by atoms with Gasteiger partial charge in [-0.15, -0.1) is 0 Å². The largest absolute Gasteiger partial charge is 0.0619 e. The summed E-state index contributed by atoms with van der Waals surface area (Å²) in [7, 11) is 0. The molecule has 0 heteroatoms. The van der Waals surface area contributed by atoms with Crippen LogP contribution in [-0.2, 0) is 12.8 Å². The summed E-state index contributed by atoms with van der Waals surface area (Å²) < 4.78 is 0. The van der Waals surface area contributed by atoms with Crippen LogP contribution in [0.4, 0.5) is 0 Å². The summed E-state index contributed by atoms with van der Waals surface area (Å²) in [6.07, 6.45) is 2.09. The van der Waals surface area contributed by atoms with E-state index >= 15 is 0 Å².